The Hall–Kier alpha value is -1.64. The van der Waals surface area contributed by atoms with Crippen molar-refractivity contribution >= 4 is 10.9 Å². The Labute approximate surface area is 101 Å². The van der Waals surface area contributed by atoms with Gasteiger partial charge in [0.15, 0.2) is 0 Å². The molecular formula is C14H18N2O. The van der Waals surface area contributed by atoms with Gasteiger partial charge in [0.2, 0.25) is 0 Å². The number of hydrogen-bond acceptors (Lipinski definition) is 2. The van der Waals surface area contributed by atoms with Crippen LogP contribution in [-0.2, 0) is 0 Å². The van der Waals surface area contributed by atoms with Crippen LogP contribution < -0.4 is 5.56 Å². The van der Waals surface area contributed by atoms with Gasteiger partial charge in [0.25, 0.3) is 5.56 Å². The van der Waals surface area contributed by atoms with E-state index in [1.54, 1.807) is 0 Å². The fourth-order valence-corrected chi connectivity index (χ4v) is 1.81. The molecule has 1 heterocycles. The number of aromatic nitrogens is 2. The zero-order valence-corrected chi connectivity index (χ0v) is 10.7. The van der Waals surface area contributed by atoms with E-state index in [0.717, 1.165) is 11.3 Å². The normalized spacial score (nSPS) is 11.6. The summed E-state index contributed by atoms with van der Waals surface area (Å²) < 4.78 is 0. The third-order valence-electron chi connectivity index (χ3n) is 2.96. The van der Waals surface area contributed by atoms with E-state index in [2.05, 4.69) is 23.8 Å². The first kappa shape index (κ1) is 11.8. The van der Waals surface area contributed by atoms with E-state index in [9.17, 15) is 4.79 Å². The van der Waals surface area contributed by atoms with Crippen LogP contribution in [0.1, 0.15) is 50.9 Å². The van der Waals surface area contributed by atoms with Crippen molar-refractivity contribution in [3.63, 3.8) is 0 Å². The molecule has 3 nitrogen and oxygen atoms in total. The van der Waals surface area contributed by atoms with Crippen molar-refractivity contribution in [1.29, 1.82) is 0 Å². The van der Waals surface area contributed by atoms with Crippen molar-refractivity contribution in [1.82, 2.24) is 9.97 Å². The molecule has 0 radical (unpaired) electrons. The zero-order valence-electron chi connectivity index (χ0n) is 10.7. The van der Waals surface area contributed by atoms with E-state index in [0.29, 0.717) is 11.3 Å². The first-order chi connectivity index (χ1) is 7.99. The van der Waals surface area contributed by atoms with E-state index < -0.39 is 0 Å². The maximum Gasteiger partial charge on any atom is 0.258 e. The van der Waals surface area contributed by atoms with Crippen molar-refractivity contribution in [3.8, 4) is 0 Å². The summed E-state index contributed by atoms with van der Waals surface area (Å²) in [5.41, 5.74) is 1.96. The molecule has 0 saturated heterocycles. The number of aromatic amines is 1. The number of H-pyrrole nitrogens is 1. The summed E-state index contributed by atoms with van der Waals surface area (Å²) >= 11 is 0. The Morgan fingerprint density at radius 3 is 2.41 bits per heavy atom. The summed E-state index contributed by atoms with van der Waals surface area (Å²) in [6, 6.07) is 5.88. The fourth-order valence-electron chi connectivity index (χ4n) is 1.81. The molecular weight excluding hydrogens is 212 g/mol. The van der Waals surface area contributed by atoms with E-state index >= 15 is 0 Å². The first-order valence-electron chi connectivity index (χ1n) is 6.03. The van der Waals surface area contributed by atoms with Gasteiger partial charge in [-0.05, 0) is 23.6 Å². The molecule has 17 heavy (non-hydrogen) atoms. The monoisotopic (exact) mass is 230 g/mol. The third-order valence-corrected chi connectivity index (χ3v) is 2.96. The average Bonchev–Trinajstić information content (AvgIpc) is 2.27. The highest BCUT2D eigenvalue weighted by Gasteiger charge is 2.08. The summed E-state index contributed by atoms with van der Waals surface area (Å²) in [6.07, 6.45) is 0. The van der Waals surface area contributed by atoms with Gasteiger partial charge in [0.1, 0.15) is 5.82 Å². The molecule has 3 heteroatoms. The molecule has 0 spiro atoms. The van der Waals surface area contributed by atoms with E-state index in [1.807, 2.05) is 32.0 Å². The highest BCUT2D eigenvalue weighted by atomic mass is 16.1. The molecule has 0 saturated carbocycles. The van der Waals surface area contributed by atoms with Crippen LogP contribution in [0.25, 0.3) is 10.9 Å². The van der Waals surface area contributed by atoms with Crippen molar-refractivity contribution < 1.29 is 0 Å². The molecule has 0 aliphatic heterocycles. The first-order valence-corrected chi connectivity index (χ1v) is 6.03. The van der Waals surface area contributed by atoms with E-state index in [-0.39, 0.29) is 11.5 Å². The molecule has 2 rings (SSSR count). The van der Waals surface area contributed by atoms with E-state index in [4.69, 9.17) is 0 Å². The highest BCUT2D eigenvalue weighted by Crippen LogP contribution is 2.19. The van der Waals surface area contributed by atoms with Gasteiger partial charge in [0.05, 0.1) is 10.9 Å². The number of rotatable bonds is 2. The molecule has 1 N–H and O–H groups in total. The van der Waals surface area contributed by atoms with Gasteiger partial charge in [-0.15, -0.1) is 0 Å². The van der Waals surface area contributed by atoms with Gasteiger partial charge < -0.3 is 4.98 Å². The minimum Gasteiger partial charge on any atom is -0.310 e. The standard InChI is InChI=1S/C14H18N2O/c1-8(2)10-5-6-11-12(7-10)15-13(9(3)4)16-14(11)17/h5-9H,1-4H3,(H,15,16,17). The van der Waals surface area contributed by atoms with Gasteiger partial charge in [-0.3, -0.25) is 4.79 Å². The van der Waals surface area contributed by atoms with Crippen LogP contribution in [0.4, 0.5) is 0 Å². The molecule has 2 aromatic rings. The lowest BCUT2D eigenvalue weighted by Gasteiger charge is -2.08. The second-order valence-corrected chi connectivity index (χ2v) is 5.04. The zero-order chi connectivity index (χ0) is 12.6. The van der Waals surface area contributed by atoms with Gasteiger partial charge >= 0.3 is 0 Å². The minimum atomic E-state index is -0.0472. The molecule has 1 aromatic heterocycles. The number of fused-ring (bicyclic) bond motifs is 1. The average molecular weight is 230 g/mol. The summed E-state index contributed by atoms with van der Waals surface area (Å²) in [6.45, 7) is 8.32. The number of hydrogen-bond donors (Lipinski definition) is 1. The van der Waals surface area contributed by atoms with Gasteiger partial charge in [-0.2, -0.15) is 0 Å². The Morgan fingerprint density at radius 2 is 1.82 bits per heavy atom. The Kier molecular flexibility index (Phi) is 3.01. The van der Waals surface area contributed by atoms with Crippen LogP contribution in [0.2, 0.25) is 0 Å². The molecule has 0 aliphatic rings. The fraction of sp³-hybridized carbons (Fsp3) is 0.429. The predicted octanol–water partition coefficient (Wildman–Crippen LogP) is 3.17. The maximum atomic E-state index is 11.9. The quantitative estimate of drug-likeness (QED) is 0.861. The van der Waals surface area contributed by atoms with Crippen LogP contribution >= 0.6 is 0 Å². The third kappa shape index (κ3) is 2.23. The van der Waals surface area contributed by atoms with Crippen molar-refractivity contribution in [2.75, 3.05) is 0 Å². The molecule has 90 valence electrons. The molecule has 1 aromatic carbocycles. The molecule has 0 fully saturated rings. The topological polar surface area (TPSA) is 45.8 Å². The SMILES string of the molecule is CC(C)c1ccc2c(=O)[nH]c(C(C)C)nc2c1. The molecule has 0 amide bonds. The van der Waals surface area contributed by atoms with Crippen molar-refractivity contribution in [2.45, 2.75) is 39.5 Å². The smallest absolute Gasteiger partial charge is 0.258 e. The van der Waals surface area contributed by atoms with Crippen LogP contribution in [0, 0.1) is 0 Å². The second-order valence-electron chi connectivity index (χ2n) is 5.04. The lowest BCUT2D eigenvalue weighted by molar-refractivity contribution is 0.776. The summed E-state index contributed by atoms with van der Waals surface area (Å²) in [7, 11) is 0. The van der Waals surface area contributed by atoms with E-state index in [1.165, 1.54) is 5.56 Å². The summed E-state index contributed by atoms with van der Waals surface area (Å²) in [5, 5.41) is 0.666. The second kappa shape index (κ2) is 4.32. The van der Waals surface area contributed by atoms with Crippen molar-refractivity contribution in [2.24, 2.45) is 0 Å². The maximum absolute atomic E-state index is 11.9. The molecule has 0 bridgehead atoms. The Morgan fingerprint density at radius 1 is 1.12 bits per heavy atom. The Bertz CT molecular complexity index is 591. The number of benzene rings is 1. The Balaban J connectivity index is 2.71. The van der Waals surface area contributed by atoms with Crippen molar-refractivity contribution in [3.05, 3.63) is 39.9 Å². The van der Waals surface area contributed by atoms with Crippen LogP contribution in [-0.4, -0.2) is 9.97 Å². The van der Waals surface area contributed by atoms with Crippen LogP contribution in [0.5, 0.6) is 0 Å². The van der Waals surface area contributed by atoms with Gasteiger partial charge in [-0.25, -0.2) is 4.98 Å². The minimum absolute atomic E-state index is 0.0472. The predicted molar refractivity (Wildman–Crippen MR) is 70.5 cm³/mol. The summed E-state index contributed by atoms with van der Waals surface area (Å²) in [4.78, 5) is 19.2. The van der Waals surface area contributed by atoms with Gasteiger partial charge in [0, 0.05) is 5.92 Å². The lowest BCUT2D eigenvalue weighted by Crippen LogP contribution is -2.13. The lowest BCUT2D eigenvalue weighted by atomic mass is 10.0. The largest absolute Gasteiger partial charge is 0.310 e. The molecule has 0 unspecified atom stereocenters. The van der Waals surface area contributed by atoms with Gasteiger partial charge in [-0.1, -0.05) is 33.8 Å². The molecule has 0 aliphatic carbocycles. The van der Waals surface area contributed by atoms with Crippen LogP contribution in [0.15, 0.2) is 23.0 Å². The number of nitrogens with one attached hydrogen (secondary N) is 1. The summed E-state index contributed by atoms with van der Waals surface area (Å²) in [5.74, 6) is 1.43. The number of nitrogens with zero attached hydrogens (tertiary/aromatic N) is 1. The highest BCUT2D eigenvalue weighted by molar-refractivity contribution is 5.78. The van der Waals surface area contributed by atoms with Crippen LogP contribution in [0.3, 0.4) is 0 Å². The molecule has 0 atom stereocenters.